The standard InChI is InChI=1S/C29H26ClN3O2/c1-17-22(30)12-8-14-24(17)33-26(34)15-25(29(33)35)32-16-21(19-9-4-3-5-10-19)27-20-11-6-7-13-23(20)31-28(27)18(32)2/h3-14,18,21,25,31H,15-16H2,1-2H3. The molecule has 1 aromatic heterocycles. The second-order valence-corrected chi connectivity index (χ2v) is 9.91. The summed E-state index contributed by atoms with van der Waals surface area (Å²) in [6, 6.07) is 23.6. The Bertz CT molecular complexity index is 1460. The Hall–Kier alpha value is -3.41. The second-order valence-electron chi connectivity index (χ2n) is 9.51. The molecule has 1 fully saturated rings. The molecule has 3 unspecified atom stereocenters. The molecule has 0 spiro atoms. The number of anilines is 1. The van der Waals surface area contributed by atoms with Crippen LogP contribution < -0.4 is 4.90 Å². The second kappa shape index (κ2) is 8.36. The van der Waals surface area contributed by atoms with Gasteiger partial charge in [0.2, 0.25) is 5.91 Å². The molecule has 0 bridgehead atoms. The summed E-state index contributed by atoms with van der Waals surface area (Å²) >= 11 is 6.31. The number of nitrogens with zero attached hydrogens (tertiary/aromatic N) is 2. The molecule has 3 atom stereocenters. The third kappa shape index (κ3) is 3.41. The molecule has 35 heavy (non-hydrogen) atoms. The number of fused-ring (bicyclic) bond motifs is 3. The number of hydrogen-bond acceptors (Lipinski definition) is 3. The summed E-state index contributed by atoms with van der Waals surface area (Å²) in [7, 11) is 0. The highest BCUT2D eigenvalue weighted by Crippen LogP contribution is 2.45. The average molecular weight is 484 g/mol. The maximum atomic E-state index is 13.8. The number of para-hydroxylation sites is 1. The number of aromatic nitrogens is 1. The van der Waals surface area contributed by atoms with Gasteiger partial charge in [0.05, 0.1) is 18.2 Å². The Morgan fingerprint density at radius 1 is 0.943 bits per heavy atom. The molecule has 2 amide bonds. The van der Waals surface area contributed by atoms with Crippen molar-refractivity contribution >= 4 is 40.0 Å². The van der Waals surface area contributed by atoms with E-state index in [-0.39, 0.29) is 30.2 Å². The lowest BCUT2D eigenvalue weighted by Gasteiger charge is -2.41. The highest BCUT2D eigenvalue weighted by molar-refractivity contribution is 6.32. The van der Waals surface area contributed by atoms with Crippen LogP contribution in [-0.4, -0.2) is 34.3 Å². The van der Waals surface area contributed by atoms with Crippen LogP contribution in [0.4, 0.5) is 5.69 Å². The maximum absolute atomic E-state index is 13.8. The predicted molar refractivity (Wildman–Crippen MR) is 139 cm³/mol. The van der Waals surface area contributed by atoms with E-state index >= 15 is 0 Å². The molecule has 176 valence electrons. The molecule has 1 saturated heterocycles. The van der Waals surface area contributed by atoms with Crippen molar-refractivity contribution < 1.29 is 9.59 Å². The van der Waals surface area contributed by atoms with Crippen LogP contribution in [0.15, 0.2) is 72.8 Å². The minimum atomic E-state index is -0.526. The van der Waals surface area contributed by atoms with Gasteiger partial charge in [-0.25, -0.2) is 4.90 Å². The largest absolute Gasteiger partial charge is 0.357 e. The normalized spacial score (nSPS) is 22.7. The fraction of sp³-hybridized carbons (Fsp3) is 0.241. The molecule has 5 nitrogen and oxygen atoms in total. The number of carbonyl (C=O) groups is 2. The smallest absolute Gasteiger partial charge is 0.251 e. The first-order valence-electron chi connectivity index (χ1n) is 12.0. The van der Waals surface area contributed by atoms with E-state index in [2.05, 4.69) is 59.3 Å². The SMILES string of the molecule is Cc1c(Cl)cccc1N1C(=O)CC(N2CC(c3ccccc3)c3c([nH]c4ccccc34)C2C)C1=O. The Balaban J connectivity index is 1.43. The van der Waals surface area contributed by atoms with E-state index in [4.69, 9.17) is 11.6 Å². The van der Waals surface area contributed by atoms with Crippen LogP contribution in [0.2, 0.25) is 5.02 Å². The molecule has 1 N–H and O–H groups in total. The third-order valence-electron chi connectivity index (χ3n) is 7.64. The van der Waals surface area contributed by atoms with Crippen molar-refractivity contribution in [1.82, 2.24) is 9.88 Å². The molecule has 3 aromatic carbocycles. The summed E-state index contributed by atoms with van der Waals surface area (Å²) in [6.07, 6.45) is 0.159. The topological polar surface area (TPSA) is 56.4 Å². The Morgan fingerprint density at radius 3 is 2.49 bits per heavy atom. The molecule has 0 aliphatic carbocycles. The van der Waals surface area contributed by atoms with Crippen LogP contribution in [0.3, 0.4) is 0 Å². The number of aromatic amines is 1. The minimum Gasteiger partial charge on any atom is -0.357 e. The van der Waals surface area contributed by atoms with Gasteiger partial charge in [0, 0.05) is 40.1 Å². The molecule has 2 aliphatic rings. The molecule has 4 aromatic rings. The lowest BCUT2D eigenvalue weighted by Crippen LogP contribution is -2.47. The highest BCUT2D eigenvalue weighted by atomic mass is 35.5. The lowest BCUT2D eigenvalue weighted by molar-refractivity contribution is -0.123. The fourth-order valence-electron chi connectivity index (χ4n) is 5.84. The summed E-state index contributed by atoms with van der Waals surface area (Å²) in [4.78, 5) is 34.1. The first kappa shape index (κ1) is 22.1. The summed E-state index contributed by atoms with van der Waals surface area (Å²) in [5.74, 6) is -0.279. The number of benzene rings is 3. The summed E-state index contributed by atoms with van der Waals surface area (Å²) in [6.45, 7) is 4.63. The average Bonchev–Trinajstić information content (AvgIpc) is 3.40. The van der Waals surface area contributed by atoms with Crippen LogP contribution in [0.1, 0.15) is 47.7 Å². The van der Waals surface area contributed by atoms with Crippen LogP contribution in [0.25, 0.3) is 10.9 Å². The van der Waals surface area contributed by atoms with E-state index in [1.807, 2.05) is 19.1 Å². The van der Waals surface area contributed by atoms with E-state index in [0.717, 1.165) is 16.8 Å². The van der Waals surface area contributed by atoms with Gasteiger partial charge in [-0.1, -0.05) is 66.2 Å². The Morgan fingerprint density at radius 2 is 1.69 bits per heavy atom. The number of halogens is 1. The number of amides is 2. The van der Waals surface area contributed by atoms with E-state index < -0.39 is 6.04 Å². The van der Waals surface area contributed by atoms with E-state index in [1.165, 1.54) is 21.4 Å². The zero-order valence-corrected chi connectivity index (χ0v) is 20.4. The van der Waals surface area contributed by atoms with Crippen LogP contribution in [0.5, 0.6) is 0 Å². The van der Waals surface area contributed by atoms with Gasteiger partial charge in [-0.3, -0.25) is 14.5 Å². The number of nitrogens with one attached hydrogen (secondary N) is 1. The summed E-state index contributed by atoms with van der Waals surface area (Å²) < 4.78 is 0. The predicted octanol–water partition coefficient (Wildman–Crippen LogP) is 5.97. The molecular formula is C29H26ClN3O2. The fourth-order valence-corrected chi connectivity index (χ4v) is 6.01. The van der Waals surface area contributed by atoms with E-state index in [9.17, 15) is 9.59 Å². The van der Waals surface area contributed by atoms with Crippen molar-refractivity contribution in [3.8, 4) is 0 Å². The van der Waals surface area contributed by atoms with Gasteiger partial charge in [0.15, 0.2) is 0 Å². The Labute approximate surface area is 209 Å². The first-order valence-corrected chi connectivity index (χ1v) is 12.4. The molecular weight excluding hydrogens is 458 g/mol. The van der Waals surface area contributed by atoms with Crippen molar-refractivity contribution in [2.45, 2.75) is 38.3 Å². The lowest BCUT2D eigenvalue weighted by atomic mass is 9.83. The van der Waals surface area contributed by atoms with Gasteiger partial charge in [0.1, 0.15) is 0 Å². The zero-order chi connectivity index (χ0) is 24.3. The van der Waals surface area contributed by atoms with Gasteiger partial charge in [-0.05, 0) is 48.7 Å². The van der Waals surface area contributed by atoms with Crippen molar-refractivity contribution in [2.24, 2.45) is 0 Å². The maximum Gasteiger partial charge on any atom is 0.251 e. The van der Waals surface area contributed by atoms with Gasteiger partial charge in [-0.2, -0.15) is 0 Å². The number of hydrogen-bond donors (Lipinski definition) is 1. The number of H-pyrrole nitrogens is 1. The van der Waals surface area contributed by atoms with Crippen LogP contribution >= 0.6 is 11.6 Å². The van der Waals surface area contributed by atoms with Crippen LogP contribution in [0, 0.1) is 6.92 Å². The molecule has 3 heterocycles. The van der Waals surface area contributed by atoms with Crippen LogP contribution in [-0.2, 0) is 9.59 Å². The Kier molecular flexibility index (Phi) is 5.28. The monoisotopic (exact) mass is 483 g/mol. The zero-order valence-electron chi connectivity index (χ0n) is 19.7. The molecule has 2 aliphatic heterocycles. The minimum absolute atomic E-state index is 0.0421. The number of rotatable bonds is 3. The molecule has 6 heteroatoms. The van der Waals surface area contributed by atoms with Crippen molar-refractivity contribution in [3.05, 3.63) is 100 Å². The van der Waals surface area contributed by atoms with Gasteiger partial charge in [-0.15, -0.1) is 0 Å². The molecule has 0 saturated carbocycles. The number of carbonyl (C=O) groups excluding carboxylic acids is 2. The molecule has 0 radical (unpaired) electrons. The first-order chi connectivity index (χ1) is 17.0. The molecule has 6 rings (SSSR count). The highest BCUT2D eigenvalue weighted by Gasteiger charge is 2.47. The summed E-state index contributed by atoms with van der Waals surface area (Å²) in [5.41, 5.74) is 6.01. The number of imide groups is 1. The van der Waals surface area contributed by atoms with Gasteiger partial charge >= 0.3 is 0 Å². The summed E-state index contributed by atoms with van der Waals surface area (Å²) in [5, 5.41) is 1.76. The quantitative estimate of drug-likeness (QED) is 0.365. The van der Waals surface area contributed by atoms with Crippen molar-refractivity contribution in [2.75, 3.05) is 11.4 Å². The van der Waals surface area contributed by atoms with Gasteiger partial charge < -0.3 is 4.98 Å². The third-order valence-corrected chi connectivity index (χ3v) is 8.05. The van der Waals surface area contributed by atoms with Crippen molar-refractivity contribution in [1.29, 1.82) is 0 Å². The van der Waals surface area contributed by atoms with E-state index in [0.29, 0.717) is 17.3 Å². The van der Waals surface area contributed by atoms with Gasteiger partial charge in [0.25, 0.3) is 5.91 Å². The van der Waals surface area contributed by atoms with Crippen molar-refractivity contribution in [3.63, 3.8) is 0 Å². The van der Waals surface area contributed by atoms with E-state index in [1.54, 1.807) is 18.2 Å².